The molecule has 2 aliphatic rings. The predicted molar refractivity (Wildman–Crippen MR) is 171 cm³/mol. The van der Waals surface area contributed by atoms with Crippen LogP contribution in [0.1, 0.15) is 88.6 Å². The summed E-state index contributed by atoms with van der Waals surface area (Å²) in [6.45, 7) is 16.4. The van der Waals surface area contributed by atoms with E-state index in [-0.39, 0.29) is 22.2 Å². The third kappa shape index (κ3) is 4.12. The van der Waals surface area contributed by atoms with Crippen molar-refractivity contribution in [3.8, 4) is 11.1 Å². The van der Waals surface area contributed by atoms with Gasteiger partial charge in [-0.15, -0.1) is 0 Å². The van der Waals surface area contributed by atoms with Gasteiger partial charge in [0.25, 0.3) is 0 Å². The smallest absolute Gasteiger partial charge is 0.0560 e. The second kappa shape index (κ2) is 9.48. The van der Waals surface area contributed by atoms with Gasteiger partial charge in [-0.3, -0.25) is 0 Å². The molecule has 1 atom stereocenters. The predicted octanol–water partition coefficient (Wildman–Crippen LogP) is 10.8. The van der Waals surface area contributed by atoms with Gasteiger partial charge in [0.15, 0.2) is 0 Å². The Morgan fingerprint density at radius 1 is 0.550 bits per heavy atom. The molecule has 0 saturated carbocycles. The molecule has 0 heterocycles. The van der Waals surface area contributed by atoms with E-state index in [9.17, 15) is 0 Å². The number of benzene rings is 4. The Balaban J connectivity index is 1.76. The Labute approximate surface area is 241 Å². The number of hydrogen-bond acceptors (Lipinski definition) is 0. The van der Waals surface area contributed by atoms with E-state index in [0.717, 1.165) is 6.42 Å². The van der Waals surface area contributed by atoms with E-state index in [1.54, 1.807) is 0 Å². The van der Waals surface area contributed by atoms with Crippen molar-refractivity contribution < 1.29 is 0 Å². The van der Waals surface area contributed by atoms with E-state index >= 15 is 0 Å². The van der Waals surface area contributed by atoms with Crippen molar-refractivity contribution in [2.45, 2.75) is 71.6 Å². The van der Waals surface area contributed by atoms with E-state index in [4.69, 9.17) is 0 Å². The van der Waals surface area contributed by atoms with Gasteiger partial charge in [0.1, 0.15) is 0 Å². The number of fused-ring (bicyclic) bond motifs is 3. The Morgan fingerprint density at radius 3 is 1.65 bits per heavy atom. The summed E-state index contributed by atoms with van der Waals surface area (Å²) in [4.78, 5) is 0. The highest BCUT2D eigenvalue weighted by molar-refractivity contribution is 5.83. The number of allylic oxidation sites excluding steroid dienone is 4. The van der Waals surface area contributed by atoms with Crippen LogP contribution in [0.2, 0.25) is 0 Å². The lowest BCUT2D eigenvalue weighted by molar-refractivity contribution is 0.494. The fourth-order valence-corrected chi connectivity index (χ4v) is 7.17. The first kappa shape index (κ1) is 26.6. The summed E-state index contributed by atoms with van der Waals surface area (Å²) in [6, 6.07) is 39.1. The molecular weight excluding hydrogens is 480 g/mol. The lowest BCUT2D eigenvalue weighted by Gasteiger charge is -2.43. The molecular formula is C40H42. The summed E-state index contributed by atoms with van der Waals surface area (Å²) in [5, 5.41) is 0. The maximum absolute atomic E-state index is 2.57. The molecule has 0 radical (unpaired) electrons. The van der Waals surface area contributed by atoms with E-state index in [1.807, 2.05) is 0 Å². The van der Waals surface area contributed by atoms with Crippen LogP contribution in [0.25, 0.3) is 11.1 Å². The van der Waals surface area contributed by atoms with Crippen molar-refractivity contribution in [3.63, 3.8) is 0 Å². The Bertz CT molecular complexity index is 1580. The number of rotatable bonds is 4. The fourth-order valence-electron chi connectivity index (χ4n) is 7.17. The number of hydrogen-bond donors (Lipinski definition) is 0. The zero-order valence-corrected chi connectivity index (χ0v) is 25.2. The molecule has 0 N–H and O–H groups in total. The summed E-state index contributed by atoms with van der Waals surface area (Å²) < 4.78 is 0. The second-order valence-corrected chi connectivity index (χ2v) is 13.9. The van der Waals surface area contributed by atoms with Crippen LogP contribution in [-0.4, -0.2) is 0 Å². The van der Waals surface area contributed by atoms with Crippen molar-refractivity contribution in [3.05, 3.63) is 154 Å². The summed E-state index contributed by atoms with van der Waals surface area (Å²) in [5.41, 5.74) is 14.0. The summed E-state index contributed by atoms with van der Waals surface area (Å²) in [5.74, 6) is 0.151. The first-order chi connectivity index (χ1) is 19.0. The van der Waals surface area contributed by atoms with Gasteiger partial charge in [0.2, 0.25) is 0 Å². The molecule has 0 aliphatic heterocycles. The minimum Gasteiger partial charge on any atom is -0.0648 e. The first-order valence-corrected chi connectivity index (χ1v) is 14.8. The van der Waals surface area contributed by atoms with Gasteiger partial charge < -0.3 is 0 Å². The van der Waals surface area contributed by atoms with Gasteiger partial charge in [-0.2, -0.15) is 0 Å². The quantitative estimate of drug-likeness (QED) is 0.250. The standard InChI is InChI=1S/C40H42/c1-27-24-31(39(5,6)7)26-36(27)40(28-16-10-8-11-17-28,29-18-12-9-13-19-29)37-33-21-15-14-20-32(33)35-25-30(38(2,3)4)22-23-34(35)37/h8-23,25-26,37H,24H2,1-7H3. The molecule has 0 aromatic heterocycles. The molecule has 2 aliphatic carbocycles. The van der Waals surface area contributed by atoms with Gasteiger partial charge in [-0.05, 0) is 68.7 Å². The van der Waals surface area contributed by atoms with Gasteiger partial charge in [-0.25, -0.2) is 0 Å². The van der Waals surface area contributed by atoms with Crippen LogP contribution in [-0.2, 0) is 10.8 Å². The van der Waals surface area contributed by atoms with Gasteiger partial charge in [-0.1, -0.05) is 162 Å². The largest absolute Gasteiger partial charge is 0.0648 e. The molecule has 6 rings (SSSR count). The van der Waals surface area contributed by atoms with E-state index in [2.05, 4.69) is 158 Å². The van der Waals surface area contributed by atoms with Crippen molar-refractivity contribution in [2.75, 3.05) is 0 Å². The van der Waals surface area contributed by atoms with Crippen molar-refractivity contribution in [2.24, 2.45) is 5.41 Å². The highest BCUT2D eigenvalue weighted by Gasteiger charge is 2.51. The van der Waals surface area contributed by atoms with Crippen molar-refractivity contribution >= 4 is 0 Å². The topological polar surface area (TPSA) is 0 Å². The lowest BCUT2D eigenvalue weighted by Crippen LogP contribution is -2.37. The molecule has 0 amide bonds. The van der Waals surface area contributed by atoms with E-state index in [0.29, 0.717) is 0 Å². The normalized spacial score (nSPS) is 17.1. The first-order valence-electron chi connectivity index (χ1n) is 14.8. The molecule has 0 heteroatoms. The van der Waals surface area contributed by atoms with Crippen LogP contribution in [0.5, 0.6) is 0 Å². The van der Waals surface area contributed by atoms with Crippen LogP contribution >= 0.6 is 0 Å². The molecule has 0 fully saturated rings. The molecule has 0 spiro atoms. The van der Waals surface area contributed by atoms with E-state index < -0.39 is 0 Å². The molecule has 0 nitrogen and oxygen atoms in total. The summed E-state index contributed by atoms with van der Waals surface area (Å²) in [6.07, 6.45) is 3.60. The second-order valence-electron chi connectivity index (χ2n) is 13.9. The maximum atomic E-state index is 2.57. The van der Waals surface area contributed by atoms with Crippen molar-refractivity contribution in [1.29, 1.82) is 0 Å². The summed E-state index contributed by atoms with van der Waals surface area (Å²) in [7, 11) is 0. The highest BCUT2D eigenvalue weighted by atomic mass is 14.5. The molecule has 1 unspecified atom stereocenters. The van der Waals surface area contributed by atoms with Crippen LogP contribution < -0.4 is 0 Å². The van der Waals surface area contributed by atoms with Crippen LogP contribution in [0.15, 0.2) is 126 Å². The fraction of sp³-hybridized carbons (Fsp3) is 0.300. The highest BCUT2D eigenvalue weighted by Crippen LogP contribution is 2.61. The zero-order chi connectivity index (χ0) is 28.3. The Morgan fingerprint density at radius 2 is 1.10 bits per heavy atom. The third-order valence-corrected chi connectivity index (χ3v) is 9.31. The molecule has 4 aromatic rings. The molecule has 4 aromatic carbocycles. The lowest BCUT2D eigenvalue weighted by atomic mass is 9.58. The molecule has 0 bridgehead atoms. The Hall–Kier alpha value is -3.64. The van der Waals surface area contributed by atoms with Gasteiger partial charge in [0.05, 0.1) is 5.41 Å². The SMILES string of the molecule is CC1=C(C(c2ccccc2)(c2ccccc2)C2c3ccccc3-c3cc(C(C)(C)C)ccc32)C=C(C(C)(C)C)C1. The average molecular weight is 523 g/mol. The van der Waals surface area contributed by atoms with Gasteiger partial charge in [0, 0.05) is 5.92 Å². The zero-order valence-electron chi connectivity index (χ0n) is 25.2. The molecule has 0 saturated heterocycles. The Kier molecular flexibility index (Phi) is 6.30. The molecule has 202 valence electrons. The third-order valence-electron chi connectivity index (χ3n) is 9.31. The monoisotopic (exact) mass is 522 g/mol. The maximum Gasteiger partial charge on any atom is 0.0560 e. The van der Waals surface area contributed by atoms with E-state index in [1.165, 1.54) is 55.7 Å². The average Bonchev–Trinajstić information content (AvgIpc) is 3.49. The minimum absolute atomic E-state index is 0.0902. The van der Waals surface area contributed by atoms with Gasteiger partial charge >= 0.3 is 0 Å². The van der Waals surface area contributed by atoms with Crippen LogP contribution in [0, 0.1) is 5.41 Å². The minimum atomic E-state index is -0.371. The van der Waals surface area contributed by atoms with Crippen LogP contribution in [0.3, 0.4) is 0 Å². The van der Waals surface area contributed by atoms with Crippen molar-refractivity contribution in [1.82, 2.24) is 0 Å². The summed E-state index contributed by atoms with van der Waals surface area (Å²) >= 11 is 0. The molecule has 40 heavy (non-hydrogen) atoms. The van der Waals surface area contributed by atoms with Crippen LogP contribution in [0.4, 0.5) is 0 Å².